The Bertz CT molecular complexity index is 717. The number of halogens is 2. The van der Waals surface area contributed by atoms with Gasteiger partial charge in [-0.3, -0.25) is 4.79 Å². The molecule has 1 unspecified atom stereocenters. The molecule has 0 N–H and O–H groups in total. The molecule has 1 aliphatic rings. The fraction of sp³-hybridized carbons (Fsp3) is 0.235. The van der Waals surface area contributed by atoms with Crippen molar-refractivity contribution in [2.45, 2.75) is 12.6 Å². The third-order valence-electron chi connectivity index (χ3n) is 3.62. The number of likely N-dealkylation sites (N-methyl/N-ethyl adjacent to an activating group) is 1. The molecule has 0 aromatic heterocycles. The molecule has 0 fully saturated rings. The van der Waals surface area contributed by atoms with Crippen LogP contribution in [0.25, 0.3) is 0 Å². The van der Waals surface area contributed by atoms with E-state index >= 15 is 0 Å². The normalized spacial score (nSPS) is 16.0. The standard InChI is InChI=1S/C17H15ClFNO3/c1-20(9-11-12(18)5-4-6-13(11)19)17(21)16-10-22-14-7-2-3-8-15(14)23-16/h2-8,16H,9-10H2,1H3. The molecule has 1 aliphatic heterocycles. The molecular formula is C17H15ClFNO3. The summed E-state index contributed by atoms with van der Waals surface area (Å²) in [6.07, 6.45) is -0.763. The minimum Gasteiger partial charge on any atom is -0.485 e. The smallest absolute Gasteiger partial charge is 0.267 e. The van der Waals surface area contributed by atoms with E-state index in [0.717, 1.165) is 0 Å². The number of amides is 1. The summed E-state index contributed by atoms with van der Waals surface area (Å²) in [6.45, 7) is 0.178. The molecule has 1 amide bonds. The summed E-state index contributed by atoms with van der Waals surface area (Å²) in [5, 5.41) is 0.288. The molecule has 0 aliphatic carbocycles. The molecule has 4 nitrogen and oxygen atoms in total. The molecule has 2 aromatic carbocycles. The van der Waals surface area contributed by atoms with E-state index in [9.17, 15) is 9.18 Å². The van der Waals surface area contributed by atoms with Crippen LogP contribution >= 0.6 is 11.6 Å². The van der Waals surface area contributed by atoms with Crippen molar-refractivity contribution in [3.05, 3.63) is 58.9 Å². The monoisotopic (exact) mass is 335 g/mol. The van der Waals surface area contributed by atoms with Crippen LogP contribution in [0.2, 0.25) is 5.02 Å². The van der Waals surface area contributed by atoms with E-state index in [4.69, 9.17) is 21.1 Å². The molecule has 0 radical (unpaired) electrons. The quantitative estimate of drug-likeness (QED) is 0.864. The van der Waals surface area contributed by atoms with Gasteiger partial charge >= 0.3 is 0 Å². The Kier molecular flexibility index (Phi) is 4.39. The van der Waals surface area contributed by atoms with Crippen LogP contribution in [0.5, 0.6) is 11.5 Å². The Balaban J connectivity index is 1.71. The zero-order valence-electron chi connectivity index (χ0n) is 12.5. The summed E-state index contributed by atoms with van der Waals surface area (Å²) >= 11 is 6.00. The van der Waals surface area contributed by atoms with Crippen molar-refractivity contribution in [1.29, 1.82) is 0 Å². The third-order valence-corrected chi connectivity index (χ3v) is 3.97. The molecule has 1 heterocycles. The van der Waals surface area contributed by atoms with Gasteiger partial charge in [0.25, 0.3) is 5.91 Å². The van der Waals surface area contributed by atoms with Gasteiger partial charge < -0.3 is 14.4 Å². The van der Waals surface area contributed by atoms with Gasteiger partial charge in [-0.1, -0.05) is 29.8 Å². The van der Waals surface area contributed by atoms with Gasteiger partial charge in [0.05, 0.1) is 0 Å². The van der Waals surface area contributed by atoms with E-state index in [2.05, 4.69) is 0 Å². The summed E-state index contributed by atoms with van der Waals surface area (Å²) in [5.41, 5.74) is 0.280. The van der Waals surface area contributed by atoms with E-state index in [1.54, 1.807) is 31.3 Å². The Morgan fingerprint density at radius 1 is 1.26 bits per heavy atom. The Morgan fingerprint density at radius 2 is 2.00 bits per heavy atom. The SMILES string of the molecule is CN(Cc1c(F)cccc1Cl)C(=O)C1COc2ccccc2O1. The van der Waals surface area contributed by atoms with Crippen LogP contribution in [0.1, 0.15) is 5.56 Å². The molecule has 23 heavy (non-hydrogen) atoms. The van der Waals surface area contributed by atoms with Crippen LogP contribution < -0.4 is 9.47 Å². The van der Waals surface area contributed by atoms with Crippen molar-refractivity contribution in [2.75, 3.05) is 13.7 Å². The second-order valence-corrected chi connectivity index (χ2v) is 5.67. The van der Waals surface area contributed by atoms with Crippen LogP contribution in [-0.2, 0) is 11.3 Å². The lowest BCUT2D eigenvalue weighted by Gasteiger charge is -2.29. The van der Waals surface area contributed by atoms with Gasteiger partial charge in [-0.05, 0) is 24.3 Å². The van der Waals surface area contributed by atoms with Crippen molar-refractivity contribution >= 4 is 17.5 Å². The number of rotatable bonds is 3. The highest BCUT2D eigenvalue weighted by Gasteiger charge is 2.30. The molecule has 1 atom stereocenters. The highest BCUT2D eigenvalue weighted by atomic mass is 35.5. The highest BCUT2D eigenvalue weighted by Crippen LogP contribution is 2.31. The van der Waals surface area contributed by atoms with E-state index in [1.807, 2.05) is 6.07 Å². The van der Waals surface area contributed by atoms with Crippen LogP contribution in [0.15, 0.2) is 42.5 Å². The van der Waals surface area contributed by atoms with E-state index < -0.39 is 11.9 Å². The fourth-order valence-electron chi connectivity index (χ4n) is 2.39. The van der Waals surface area contributed by atoms with Crippen LogP contribution in [0, 0.1) is 5.82 Å². The van der Waals surface area contributed by atoms with Crippen molar-refractivity contribution in [2.24, 2.45) is 0 Å². The van der Waals surface area contributed by atoms with Gasteiger partial charge in [0.15, 0.2) is 11.5 Å². The Morgan fingerprint density at radius 3 is 2.74 bits per heavy atom. The maximum atomic E-state index is 13.8. The molecule has 0 saturated heterocycles. The van der Waals surface area contributed by atoms with Gasteiger partial charge in [0, 0.05) is 24.2 Å². The van der Waals surface area contributed by atoms with Gasteiger partial charge in [-0.25, -0.2) is 4.39 Å². The number of para-hydroxylation sites is 2. The summed E-state index contributed by atoms with van der Waals surface area (Å²) in [4.78, 5) is 13.9. The number of carbonyl (C=O) groups excluding carboxylic acids is 1. The fourth-order valence-corrected chi connectivity index (χ4v) is 2.61. The molecule has 2 aromatic rings. The Hall–Kier alpha value is -2.27. The summed E-state index contributed by atoms with van der Waals surface area (Å²) in [5.74, 6) is 0.396. The maximum Gasteiger partial charge on any atom is 0.267 e. The first-order chi connectivity index (χ1) is 11.1. The lowest BCUT2D eigenvalue weighted by molar-refractivity contribution is -0.140. The first kappa shape index (κ1) is 15.6. The molecule has 3 rings (SSSR count). The van der Waals surface area contributed by atoms with Crippen molar-refractivity contribution in [3.63, 3.8) is 0 Å². The van der Waals surface area contributed by atoms with E-state index in [-0.39, 0.29) is 29.6 Å². The predicted molar refractivity (Wildman–Crippen MR) is 84.2 cm³/mol. The lowest BCUT2D eigenvalue weighted by Crippen LogP contribution is -2.44. The van der Waals surface area contributed by atoms with E-state index in [0.29, 0.717) is 11.5 Å². The highest BCUT2D eigenvalue weighted by molar-refractivity contribution is 6.31. The minimum absolute atomic E-state index is 0.0614. The summed E-state index contributed by atoms with van der Waals surface area (Å²) < 4.78 is 25.0. The van der Waals surface area contributed by atoms with Gasteiger partial charge in [0.2, 0.25) is 6.10 Å². The molecule has 120 valence electrons. The molecule has 6 heteroatoms. The maximum absolute atomic E-state index is 13.8. The van der Waals surface area contributed by atoms with Crippen LogP contribution in [0.4, 0.5) is 4.39 Å². The third kappa shape index (κ3) is 3.24. The average molecular weight is 336 g/mol. The lowest BCUT2D eigenvalue weighted by atomic mass is 10.2. The molecular weight excluding hydrogens is 321 g/mol. The topological polar surface area (TPSA) is 38.8 Å². The number of carbonyl (C=O) groups is 1. The van der Waals surface area contributed by atoms with Gasteiger partial charge in [-0.2, -0.15) is 0 Å². The second-order valence-electron chi connectivity index (χ2n) is 5.26. The average Bonchev–Trinajstić information content (AvgIpc) is 2.57. The van der Waals surface area contributed by atoms with Crippen LogP contribution in [-0.4, -0.2) is 30.6 Å². The summed E-state index contributed by atoms with van der Waals surface area (Å²) in [7, 11) is 1.58. The van der Waals surface area contributed by atoms with Crippen LogP contribution in [0.3, 0.4) is 0 Å². The second kappa shape index (κ2) is 6.46. The zero-order valence-corrected chi connectivity index (χ0v) is 13.2. The zero-order chi connectivity index (χ0) is 16.4. The molecule has 0 spiro atoms. The van der Waals surface area contributed by atoms with Crippen molar-refractivity contribution < 1.29 is 18.7 Å². The number of fused-ring (bicyclic) bond motifs is 1. The number of hydrogen-bond donors (Lipinski definition) is 0. The first-order valence-corrected chi connectivity index (χ1v) is 7.50. The number of nitrogens with zero attached hydrogens (tertiary/aromatic N) is 1. The van der Waals surface area contributed by atoms with Gasteiger partial charge in [-0.15, -0.1) is 0 Å². The molecule has 0 saturated carbocycles. The number of hydrogen-bond acceptors (Lipinski definition) is 3. The Labute approximate surface area is 138 Å². The van der Waals surface area contributed by atoms with Crippen molar-refractivity contribution in [3.8, 4) is 11.5 Å². The number of benzene rings is 2. The molecule has 0 bridgehead atoms. The minimum atomic E-state index is -0.763. The number of ether oxygens (including phenoxy) is 2. The van der Waals surface area contributed by atoms with E-state index in [1.165, 1.54) is 17.0 Å². The van der Waals surface area contributed by atoms with Crippen molar-refractivity contribution in [1.82, 2.24) is 4.90 Å². The summed E-state index contributed by atoms with van der Waals surface area (Å²) in [6, 6.07) is 11.6. The first-order valence-electron chi connectivity index (χ1n) is 7.12. The van der Waals surface area contributed by atoms with Gasteiger partial charge in [0.1, 0.15) is 12.4 Å². The largest absolute Gasteiger partial charge is 0.485 e. The predicted octanol–water partition coefficient (Wildman–Crippen LogP) is 3.28.